The van der Waals surface area contributed by atoms with Gasteiger partial charge in [0.25, 0.3) is 11.6 Å². The summed E-state index contributed by atoms with van der Waals surface area (Å²) >= 11 is 3.09. The number of rotatable bonds is 4. The van der Waals surface area contributed by atoms with Gasteiger partial charge in [-0.2, -0.15) is 0 Å². The molecule has 2 atom stereocenters. The van der Waals surface area contributed by atoms with Gasteiger partial charge in [-0.15, -0.1) is 0 Å². The lowest BCUT2D eigenvalue weighted by molar-refractivity contribution is -0.385. The number of carbonyl (C=O) groups excluding carboxylic acids is 1. The average Bonchev–Trinajstić information content (AvgIpc) is 2.92. The standard InChI is InChI=1S/C13H15BrN2O4/c1-8(10-4-5-20-7-10)15-13(17)9-2-3-11(14)12(6-9)16(18)19/h2-3,6,8,10H,4-5,7H2,1H3,(H,15,17). The van der Waals surface area contributed by atoms with E-state index in [1.165, 1.54) is 12.1 Å². The van der Waals surface area contributed by atoms with E-state index in [1.807, 2.05) is 6.92 Å². The van der Waals surface area contributed by atoms with Crippen molar-refractivity contribution in [2.75, 3.05) is 13.2 Å². The molecule has 1 aromatic rings. The van der Waals surface area contributed by atoms with Gasteiger partial charge in [-0.25, -0.2) is 0 Å². The predicted octanol–water partition coefficient (Wildman–Crippen LogP) is 2.51. The number of hydrogen-bond acceptors (Lipinski definition) is 4. The number of nitrogens with zero attached hydrogens (tertiary/aromatic N) is 1. The zero-order valence-electron chi connectivity index (χ0n) is 11.0. The van der Waals surface area contributed by atoms with Gasteiger partial charge < -0.3 is 10.1 Å². The number of nitrogens with one attached hydrogen (secondary N) is 1. The van der Waals surface area contributed by atoms with Crippen LogP contribution in [0.25, 0.3) is 0 Å². The first-order valence-electron chi connectivity index (χ1n) is 6.31. The van der Waals surface area contributed by atoms with Crippen molar-refractivity contribution in [2.24, 2.45) is 5.92 Å². The maximum absolute atomic E-state index is 12.1. The molecule has 7 heteroatoms. The number of nitro benzene ring substituents is 1. The summed E-state index contributed by atoms with van der Waals surface area (Å²) < 4.78 is 5.64. The fraction of sp³-hybridized carbons (Fsp3) is 0.462. The van der Waals surface area contributed by atoms with Crippen LogP contribution in [0.2, 0.25) is 0 Å². The minimum Gasteiger partial charge on any atom is -0.381 e. The highest BCUT2D eigenvalue weighted by molar-refractivity contribution is 9.10. The maximum atomic E-state index is 12.1. The van der Waals surface area contributed by atoms with Gasteiger partial charge in [-0.05, 0) is 41.4 Å². The smallest absolute Gasteiger partial charge is 0.284 e. The second kappa shape index (κ2) is 6.32. The van der Waals surface area contributed by atoms with Gasteiger partial charge in [0.2, 0.25) is 0 Å². The van der Waals surface area contributed by atoms with Gasteiger partial charge in [0.1, 0.15) is 0 Å². The van der Waals surface area contributed by atoms with Crippen LogP contribution in [-0.2, 0) is 4.74 Å². The number of nitro groups is 1. The Balaban J connectivity index is 2.08. The van der Waals surface area contributed by atoms with Crippen molar-refractivity contribution < 1.29 is 14.5 Å². The minimum absolute atomic E-state index is 0.0206. The molecule has 6 nitrogen and oxygen atoms in total. The Morgan fingerprint density at radius 1 is 1.60 bits per heavy atom. The molecular formula is C13H15BrN2O4. The van der Waals surface area contributed by atoms with Gasteiger partial charge in [-0.1, -0.05) is 0 Å². The van der Waals surface area contributed by atoms with Crippen LogP contribution in [0.15, 0.2) is 22.7 Å². The van der Waals surface area contributed by atoms with Crippen molar-refractivity contribution in [1.82, 2.24) is 5.32 Å². The summed E-state index contributed by atoms with van der Waals surface area (Å²) in [4.78, 5) is 22.4. The fourth-order valence-corrected chi connectivity index (χ4v) is 2.54. The lowest BCUT2D eigenvalue weighted by Gasteiger charge is -2.19. The maximum Gasteiger partial charge on any atom is 0.284 e. The van der Waals surface area contributed by atoms with Gasteiger partial charge in [0.05, 0.1) is 16.0 Å². The van der Waals surface area contributed by atoms with Gasteiger partial charge in [0, 0.05) is 30.2 Å². The van der Waals surface area contributed by atoms with Crippen molar-refractivity contribution >= 4 is 27.5 Å². The second-order valence-corrected chi connectivity index (χ2v) is 5.66. The van der Waals surface area contributed by atoms with Crippen LogP contribution in [0.4, 0.5) is 5.69 Å². The third kappa shape index (κ3) is 3.34. The van der Waals surface area contributed by atoms with Crippen LogP contribution < -0.4 is 5.32 Å². The topological polar surface area (TPSA) is 81.5 Å². The highest BCUT2D eigenvalue weighted by Crippen LogP contribution is 2.26. The molecule has 0 radical (unpaired) electrons. The highest BCUT2D eigenvalue weighted by Gasteiger charge is 2.24. The van der Waals surface area contributed by atoms with E-state index in [0.717, 1.165) is 6.42 Å². The number of halogens is 1. The third-order valence-corrected chi connectivity index (χ3v) is 4.11. The van der Waals surface area contributed by atoms with E-state index in [-0.39, 0.29) is 23.2 Å². The summed E-state index contributed by atoms with van der Waals surface area (Å²) in [6.07, 6.45) is 0.919. The molecule has 1 saturated heterocycles. The molecule has 0 spiro atoms. The Hall–Kier alpha value is -1.47. The van der Waals surface area contributed by atoms with E-state index < -0.39 is 4.92 Å². The first-order chi connectivity index (χ1) is 9.49. The first-order valence-corrected chi connectivity index (χ1v) is 7.11. The van der Waals surface area contributed by atoms with Crippen LogP contribution in [0.3, 0.4) is 0 Å². The Bertz CT molecular complexity index is 529. The molecule has 1 amide bonds. The van der Waals surface area contributed by atoms with Crippen molar-refractivity contribution in [3.63, 3.8) is 0 Å². The van der Waals surface area contributed by atoms with Gasteiger partial charge in [0.15, 0.2) is 0 Å². The fourth-order valence-electron chi connectivity index (χ4n) is 2.15. The molecule has 1 N–H and O–H groups in total. The monoisotopic (exact) mass is 342 g/mol. The summed E-state index contributed by atoms with van der Waals surface area (Å²) in [5.41, 5.74) is 0.167. The third-order valence-electron chi connectivity index (χ3n) is 3.44. The van der Waals surface area contributed by atoms with Crippen LogP contribution in [0.5, 0.6) is 0 Å². The lowest BCUT2D eigenvalue weighted by atomic mass is 10.0. The quantitative estimate of drug-likeness (QED) is 0.673. The molecule has 2 unspecified atom stereocenters. The van der Waals surface area contributed by atoms with E-state index in [9.17, 15) is 14.9 Å². The number of benzene rings is 1. The van der Waals surface area contributed by atoms with Crippen molar-refractivity contribution in [3.05, 3.63) is 38.3 Å². The zero-order valence-corrected chi connectivity index (χ0v) is 12.6. The Morgan fingerprint density at radius 3 is 2.95 bits per heavy atom. The summed E-state index contributed by atoms with van der Waals surface area (Å²) in [7, 11) is 0. The van der Waals surface area contributed by atoms with Crippen molar-refractivity contribution in [1.29, 1.82) is 0 Å². The normalized spacial score (nSPS) is 19.6. The summed E-state index contributed by atoms with van der Waals surface area (Å²) in [6.45, 7) is 3.28. The zero-order chi connectivity index (χ0) is 14.7. The summed E-state index contributed by atoms with van der Waals surface area (Å²) in [5.74, 6) is -0.00983. The highest BCUT2D eigenvalue weighted by atomic mass is 79.9. The van der Waals surface area contributed by atoms with Crippen molar-refractivity contribution in [3.8, 4) is 0 Å². The van der Waals surface area contributed by atoms with Crippen LogP contribution in [0, 0.1) is 16.0 Å². The van der Waals surface area contributed by atoms with Crippen LogP contribution >= 0.6 is 15.9 Å². The molecule has 20 heavy (non-hydrogen) atoms. The van der Waals surface area contributed by atoms with Crippen LogP contribution in [-0.4, -0.2) is 30.1 Å². The van der Waals surface area contributed by atoms with E-state index in [1.54, 1.807) is 6.07 Å². The molecule has 1 aliphatic heterocycles. The Morgan fingerprint density at radius 2 is 2.35 bits per heavy atom. The Labute approximate surface area is 124 Å². The number of carbonyl (C=O) groups is 1. The molecule has 1 heterocycles. The average molecular weight is 343 g/mol. The van der Waals surface area contributed by atoms with Gasteiger partial charge >= 0.3 is 0 Å². The Kier molecular flexibility index (Phi) is 4.72. The molecule has 0 aliphatic carbocycles. The minimum atomic E-state index is -0.519. The first kappa shape index (κ1) is 14.9. The van der Waals surface area contributed by atoms with Crippen LogP contribution in [0.1, 0.15) is 23.7 Å². The number of hydrogen-bond donors (Lipinski definition) is 1. The molecule has 1 aliphatic rings. The molecular weight excluding hydrogens is 328 g/mol. The molecule has 1 fully saturated rings. The number of amides is 1. The lowest BCUT2D eigenvalue weighted by Crippen LogP contribution is -2.38. The molecule has 1 aromatic carbocycles. The largest absolute Gasteiger partial charge is 0.381 e. The molecule has 2 rings (SSSR count). The molecule has 0 saturated carbocycles. The number of ether oxygens (including phenoxy) is 1. The predicted molar refractivity (Wildman–Crippen MR) is 76.7 cm³/mol. The SMILES string of the molecule is CC(NC(=O)c1ccc(Br)c([N+](=O)[O-])c1)C1CCOC1. The van der Waals surface area contributed by atoms with E-state index in [4.69, 9.17) is 4.74 Å². The second-order valence-electron chi connectivity index (χ2n) is 4.81. The molecule has 0 bridgehead atoms. The van der Waals surface area contributed by atoms with E-state index in [0.29, 0.717) is 23.6 Å². The molecule has 0 aromatic heterocycles. The van der Waals surface area contributed by atoms with E-state index in [2.05, 4.69) is 21.2 Å². The van der Waals surface area contributed by atoms with Gasteiger partial charge in [-0.3, -0.25) is 14.9 Å². The van der Waals surface area contributed by atoms with Crippen molar-refractivity contribution in [2.45, 2.75) is 19.4 Å². The summed E-state index contributed by atoms with van der Waals surface area (Å²) in [6, 6.07) is 4.32. The van der Waals surface area contributed by atoms with E-state index >= 15 is 0 Å². The summed E-state index contributed by atoms with van der Waals surface area (Å²) in [5, 5.41) is 13.7. The molecule has 108 valence electrons.